The van der Waals surface area contributed by atoms with Crippen molar-refractivity contribution < 1.29 is 19.1 Å². The van der Waals surface area contributed by atoms with Crippen LogP contribution in [0.3, 0.4) is 0 Å². The van der Waals surface area contributed by atoms with E-state index in [2.05, 4.69) is 0 Å². The van der Waals surface area contributed by atoms with Crippen molar-refractivity contribution in [1.82, 2.24) is 4.90 Å². The van der Waals surface area contributed by atoms with Gasteiger partial charge in [0, 0.05) is 18.7 Å². The van der Waals surface area contributed by atoms with Gasteiger partial charge in [0.15, 0.2) is 0 Å². The van der Waals surface area contributed by atoms with Crippen LogP contribution < -0.4 is 5.73 Å². The third-order valence-electron chi connectivity index (χ3n) is 4.31. The average molecular weight is 367 g/mol. The fourth-order valence-corrected chi connectivity index (χ4v) is 2.99. The number of amides is 1. The Kier molecular flexibility index (Phi) is 6.87. The molecule has 0 radical (unpaired) electrons. The van der Waals surface area contributed by atoms with E-state index in [9.17, 15) is 9.90 Å². The summed E-state index contributed by atoms with van der Waals surface area (Å²) in [4.78, 5) is 14.5. The molecule has 0 saturated carbocycles. The second-order valence-electron chi connectivity index (χ2n) is 5.96. The summed E-state index contributed by atoms with van der Waals surface area (Å²) in [6, 6.07) is 10.6. The zero-order chi connectivity index (χ0) is 16.9. The molecule has 0 aliphatic carbocycles. The summed E-state index contributed by atoms with van der Waals surface area (Å²) >= 11 is 0. The monoisotopic (exact) mass is 366 g/mol. The van der Waals surface area contributed by atoms with E-state index in [0.29, 0.717) is 37.6 Å². The molecule has 7 heteroatoms. The highest BCUT2D eigenvalue weighted by Gasteiger charge is 2.30. The first kappa shape index (κ1) is 19.3. The maximum absolute atomic E-state index is 12.7. The molecule has 0 spiro atoms. The summed E-state index contributed by atoms with van der Waals surface area (Å²) in [6.07, 6.45) is 1.39. The van der Waals surface area contributed by atoms with E-state index >= 15 is 0 Å². The van der Waals surface area contributed by atoms with Crippen LogP contribution in [0.4, 0.5) is 5.69 Å². The Morgan fingerprint density at radius 3 is 2.84 bits per heavy atom. The Hall–Kier alpha value is -2.02. The van der Waals surface area contributed by atoms with Gasteiger partial charge in [-0.25, -0.2) is 0 Å². The van der Waals surface area contributed by atoms with Gasteiger partial charge in [0.25, 0.3) is 0 Å². The van der Waals surface area contributed by atoms with Crippen LogP contribution in [-0.4, -0.2) is 41.7 Å². The summed E-state index contributed by atoms with van der Waals surface area (Å²) < 4.78 is 10.7. The fourth-order valence-electron chi connectivity index (χ4n) is 2.99. The number of morpholine rings is 1. The van der Waals surface area contributed by atoms with Crippen LogP contribution >= 0.6 is 12.4 Å². The largest absolute Gasteiger partial charge is 0.467 e. The second kappa shape index (κ2) is 8.89. The number of nitrogens with two attached hydrogens (primary N) is 1. The van der Waals surface area contributed by atoms with E-state index in [0.717, 1.165) is 5.56 Å². The number of furan rings is 1. The number of nitrogen functional groups attached to an aromatic ring is 1. The third kappa shape index (κ3) is 4.75. The number of hydrogen-bond donors (Lipinski definition) is 2. The van der Waals surface area contributed by atoms with Crippen LogP contribution in [0.1, 0.15) is 23.8 Å². The quantitative estimate of drug-likeness (QED) is 0.792. The maximum atomic E-state index is 12.7. The summed E-state index contributed by atoms with van der Waals surface area (Å²) in [7, 11) is 0. The summed E-state index contributed by atoms with van der Waals surface area (Å²) in [6.45, 7) is 1.43. The van der Waals surface area contributed by atoms with Crippen LogP contribution in [0.25, 0.3) is 0 Å². The van der Waals surface area contributed by atoms with Crippen LogP contribution in [0.15, 0.2) is 47.1 Å². The van der Waals surface area contributed by atoms with Gasteiger partial charge in [0.1, 0.15) is 11.9 Å². The first-order valence-corrected chi connectivity index (χ1v) is 8.07. The van der Waals surface area contributed by atoms with Crippen molar-refractivity contribution in [2.75, 3.05) is 25.5 Å². The number of halogens is 1. The Labute approximate surface area is 153 Å². The number of aliphatic hydroxyl groups excluding tert-OH is 1. The molecule has 1 amide bonds. The lowest BCUT2D eigenvalue weighted by atomic mass is 10.0. The molecule has 2 aromatic rings. The van der Waals surface area contributed by atoms with E-state index < -0.39 is 6.10 Å². The summed E-state index contributed by atoms with van der Waals surface area (Å²) in [5.41, 5.74) is 7.37. The first-order valence-electron chi connectivity index (χ1n) is 8.07. The van der Waals surface area contributed by atoms with Gasteiger partial charge in [-0.05, 0) is 23.8 Å². The highest BCUT2D eigenvalue weighted by Crippen LogP contribution is 2.24. The number of para-hydroxylation sites is 1. The van der Waals surface area contributed by atoms with Crippen LogP contribution in [0, 0.1) is 0 Å². The Bertz CT molecular complexity index is 677. The lowest BCUT2D eigenvalue weighted by Gasteiger charge is -2.36. The van der Waals surface area contributed by atoms with E-state index in [4.69, 9.17) is 14.9 Å². The number of rotatable bonds is 5. The molecule has 1 aromatic heterocycles. The van der Waals surface area contributed by atoms with Crippen LogP contribution in [-0.2, 0) is 16.0 Å². The zero-order valence-corrected chi connectivity index (χ0v) is 14.7. The molecule has 2 atom stereocenters. The summed E-state index contributed by atoms with van der Waals surface area (Å²) in [5, 5.41) is 10.3. The van der Waals surface area contributed by atoms with Gasteiger partial charge < -0.3 is 24.9 Å². The standard InChI is InChI=1S/C18H22N2O4.ClH/c19-15-5-2-1-4-13(15)10-18(22)20-7-9-23-12-14(20)11-16(21)17-6-3-8-24-17;/h1-6,8,14,16,21H,7,9-12,19H2;1H. The predicted molar refractivity (Wildman–Crippen MR) is 96.4 cm³/mol. The van der Waals surface area contributed by atoms with Gasteiger partial charge in [0.2, 0.25) is 5.91 Å². The molecule has 6 nitrogen and oxygen atoms in total. The van der Waals surface area contributed by atoms with Gasteiger partial charge >= 0.3 is 0 Å². The normalized spacial score (nSPS) is 18.4. The highest BCUT2D eigenvalue weighted by atomic mass is 35.5. The zero-order valence-electron chi connectivity index (χ0n) is 13.8. The topological polar surface area (TPSA) is 88.9 Å². The molecule has 3 N–H and O–H groups in total. The number of ether oxygens (including phenoxy) is 1. The second-order valence-corrected chi connectivity index (χ2v) is 5.96. The van der Waals surface area contributed by atoms with Gasteiger partial charge in [0.05, 0.1) is 31.9 Å². The van der Waals surface area contributed by atoms with E-state index in [1.54, 1.807) is 23.1 Å². The number of carbonyl (C=O) groups excluding carboxylic acids is 1. The molecule has 2 unspecified atom stereocenters. The van der Waals surface area contributed by atoms with Gasteiger partial charge in [-0.2, -0.15) is 0 Å². The number of anilines is 1. The number of benzene rings is 1. The number of nitrogens with zero attached hydrogens (tertiary/aromatic N) is 1. The highest BCUT2D eigenvalue weighted by molar-refractivity contribution is 5.85. The molecule has 1 aliphatic rings. The Morgan fingerprint density at radius 2 is 2.12 bits per heavy atom. The van der Waals surface area contributed by atoms with Gasteiger partial charge in [-0.1, -0.05) is 18.2 Å². The molecular formula is C18H23ClN2O4. The van der Waals surface area contributed by atoms with Crippen molar-refractivity contribution in [2.24, 2.45) is 0 Å². The van der Waals surface area contributed by atoms with Gasteiger partial charge in [-0.15, -0.1) is 12.4 Å². The van der Waals surface area contributed by atoms with Crippen LogP contribution in [0.5, 0.6) is 0 Å². The summed E-state index contributed by atoms with van der Waals surface area (Å²) in [5.74, 6) is 0.494. The van der Waals surface area contributed by atoms with Crippen molar-refractivity contribution in [3.63, 3.8) is 0 Å². The fraction of sp³-hybridized carbons (Fsp3) is 0.389. The van der Waals surface area contributed by atoms with E-state index in [1.807, 2.05) is 18.2 Å². The van der Waals surface area contributed by atoms with Gasteiger partial charge in [-0.3, -0.25) is 4.79 Å². The molecule has 1 saturated heterocycles. The van der Waals surface area contributed by atoms with E-state index in [-0.39, 0.29) is 30.8 Å². The van der Waals surface area contributed by atoms with Crippen LogP contribution in [0.2, 0.25) is 0 Å². The Balaban J connectivity index is 0.00000225. The molecule has 2 heterocycles. The van der Waals surface area contributed by atoms with Crippen molar-refractivity contribution in [3.05, 3.63) is 54.0 Å². The smallest absolute Gasteiger partial charge is 0.227 e. The maximum Gasteiger partial charge on any atom is 0.227 e. The Morgan fingerprint density at radius 1 is 1.32 bits per heavy atom. The first-order chi connectivity index (χ1) is 11.6. The molecule has 1 aromatic carbocycles. The number of aliphatic hydroxyl groups is 1. The lowest BCUT2D eigenvalue weighted by Crippen LogP contribution is -2.49. The molecular weight excluding hydrogens is 344 g/mol. The van der Waals surface area contributed by atoms with Crippen molar-refractivity contribution in [3.8, 4) is 0 Å². The lowest BCUT2D eigenvalue weighted by molar-refractivity contribution is -0.140. The molecule has 3 rings (SSSR count). The molecule has 136 valence electrons. The minimum absolute atomic E-state index is 0. The van der Waals surface area contributed by atoms with E-state index in [1.165, 1.54) is 6.26 Å². The van der Waals surface area contributed by atoms with Crippen molar-refractivity contribution >= 4 is 24.0 Å². The SMILES string of the molecule is Cl.Nc1ccccc1CC(=O)N1CCOCC1CC(O)c1ccco1. The molecule has 1 aliphatic heterocycles. The third-order valence-corrected chi connectivity index (χ3v) is 4.31. The average Bonchev–Trinajstić information content (AvgIpc) is 3.12. The minimum atomic E-state index is -0.760. The van der Waals surface area contributed by atoms with Crippen molar-refractivity contribution in [2.45, 2.75) is 25.0 Å². The minimum Gasteiger partial charge on any atom is -0.467 e. The predicted octanol–water partition coefficient (Wildman–Crippen LogP) is 2.18. The molecule has 1 fully saturated rings. The van der Waals surface area contributed by atoms with Crippen molar-refractivity contribution in [1.29, 1.82) is 0 Å². The number of carbonyl (C=O) groups is 1. The number of hydrogen-bond acceptors (Lipinski definition) is 5. The molecule has 25 heavy (non-hydrogen) atoms. The molecule has 0 bridgehead atoms.